The number of aryl methyl sites for hydroxylation is 2. The van der Waals surface area contributed by atoms with Crippen LogP contribution in [0.15, 0.2) is 46.9 Å². The summed E-state index contributed by atoms with van der Waals surface area (Å²) in [6.07, 6.45) is 0. The molecule has 1 amide bonds. The number of benzene rings is 2. The van der Waals surface area contributed by atoms with E-state index in [9.17, 15) is 9.59 Å². The number of halogens is 2. The van der Waals surface area contributed by atoms with E-state index < -0.39 is 5.97 Å². The number of carbonyl (C=O) groups is 2. The van der Waals surface area contributed by atoms with Gasteiger partial charge in [-0.2, -0.15) is 0 Å². The SMILES string of the molecule is CCn1c(SCC(=O)Nc2scc(-c3cc(C)ccc3C)c2C(=O)OC)nnc1-c1ccc(Cl)cc1Cl. The van der Waals surface area contributed by atoms with Gasteiger partial charge in [-0.25, -0.2) is 4.79 Å². The fraction of sp³-hybridized carbons (Fsp3) is 0.231. The molecular formula is C26H24Cl2N4O3S2. The lowest BCUT2D eigenvalue weighted by molar-refractivity contribution is -0.113. The molecule has 0 aliphatic rings. The van der Waals surface area contributed by atoms with Crippen LogP contribution < -0.4 is 5.32 Å². The summed E-state index contributed by atoms with van der Waals surface area (Å²) in [4.78, 5) is 25.6. The van der Waals surface area contributed by atoms with Gasteiger partial charge < -0.3 is 14.6 Å². The van der Waals surface area contributed by atoms with Crippen LogP contribution in [-0.2, 0) is 16.1 Å². The molecule has 4 aromatic rings. The minimum absolute atomic E-state index is 0.0732. The van der Waals surface area contributed by atoms with Crippen LogP contribution >= 0.6 is 46.3 Å². The number of thiophene rings is 1. The molecule has 2 heterocycles. The first-order valence-corrected chi connectivity index (χ1v) is 13.9. The zero-order valence-corrected chi connectivity index (χ0v) is 23.7. The van der Waals surface area contributed by atoms with E-state index in [1.54, 1.807) is 18.2 Å². The summed E-state index contributed by atoms with van der Waals surface area (Å²) in [5.74, 6) is -0.114. The Morgan fingerprint density at radius 1 is 1.08 bits per heavy atom. The predicted molar refractivity (Wildman–Crippen MR) is 151 cm³/mol. The summed E-state index contributed by atoms with van der Waals surface area (Å²) in [5, 5.41) is 15.3. The molecule has 37 heavy (non-hydrogen) atoms. The summed E-state index contributed by atoms with van der Waals surface area (Å²) >= 11 is 14.9. The van der Waals surface area contributed by atoms with Crippen molar-refractivity contribution in [3.63, 3.8) is 0 Å². The number of anilines is 1. The predicted octanol–water partition coefficient (Wildman–Crippen LogP) is 7.13. The van der Waals surface area contributed by atoms with E-state index in [2.05, 4.69) is 15.5 Å². The van der Waals surface area contributed by atoms with Gasteiger partial charge in [0.15, 0.2) is 11.0 Å². The van der Waals surface area contributed by atoms with Gasteiger partial charge in [0.05, 0.1) is 17.9 Å². The molecule has 0 saturated carbocycles. The molecule has 0 fully saturated rings. The topological polar surface area (TPSA) is 86.1 Å². The first-order chi connectivity index (χ1) is 17.7. The van der Waals surface area contributed by atoms with E-state index in [-0.39, 0.29) is 11.7 Å². The average Bonchev–Trinajstić information content (AvgIpc) is 3.47. The van der Waals surface area contributed by atoms with E-state index >= 15 is 0 Å². The van der Waals surface area contributed by atoms with Crippen molar-refractivity contribution in [2.24, 2.45) is 0 Å². The van der Waals surface area contributed by atoms with Crippen LogP contribution in [0.1, 0.15) is 28.4 Å². The Morgan fingerprint density at radius 2 is 1.86 bits per heavy atom. The third kappa shape index (κ3) is 5.85. The molecule has 0 spiro atoms. The highest BCUT2D eigenvalue weighted by molar-refractivity contribution is 7.99. The van der Waals surface area contributed by atoms with E-state index in [0.29, 0.717) is 43.7 Å². The monoisotopic (exact) mass is 574 g/mol. The fourth-order valence-corrected chi connectivity index (χ4v) is 6.08. The lowest BCUT2D eigenvalue weighted by atomic mass is 9.97. The Kier molecular flexibility index (Phi) is 8.59. The second-order valence-electron chi connectivity index (χ2n) is 8.17. The third-order valence-electron chi connectivity index (χ3n) is 5.65. The van der Waals surface area contributed by atoms with Crippen molar-refractivity contribution >= 4 is 63.2 Å². The van der Waals surface area contributed by atoms with Crippen molar-refractivity contribution in [1.29, 1.82) is 0 Å². The Balaban J connectivity index is 1.54. The largest absolute Gasteiger partial charge is 0.465 e. The van der Waals surface area contributed by atoms with Crippen LogP contribution in [0, 0.1) is 13.8 Å². The van der Waals surface area contributed by atoms with Gasteiger partial charge in [0.1, 0.15) is 10.6 Å². The Bertz CT molecular complexity index is 1480. The van der Waals surface area contributed by atoms with Crippen molar-refractivity contribution < 1.29 is 14.3 Å². The number of nitrogens with one attached hydrogen (secondary N) is 1. The van der Waals surface area contributed by atoms with E-state index in [1.807, 2.05) is 48.9 Å². The molecule has 1 N–H and O–H groups in total. The van der Waals surface area contributed by atoms with Crippen LogP contribution in [0.3, 0.4) is 0 Å². The highest BCUT2D eigenvalue weighted by Crippen LogP contribution is 2.38. The maximum atomic E-state index is 12.9. The van der Waals surface area contributed by atoms with Gasteiger partial charge in [0.25, 0.3) is 0 Å². The Hall–Kier alpha value is -2.85. The van der Waals surface area contributed by atoms with Gasteiger partial charge in [-0.3, -0.25) is 4.79 Å². The van der Waals surface area contributed by atoms with Crippen LogP contribution in [0.4, 0.5) is 5.00 Å². The minimum Gasteiger partial charge on any atom is -0.465 e. The molecule has 0 bridgehead atoms. The molecule has 2 aromatic heterocycles. The van der Waals surface area contributed by atoms with Gasteiger partial charge in [-0.1, -0.05) is 58.7 Å². The van der Waals surface area contributed by atoms with Crippen LogP contribution in [0.25, 0.3) is 22.5 Å². The van der Waals surface area contributed by atoms with Gasteiger partial charge in [0.2, 0.25) is 5.91 Å². The summed E-state index contributed by atoms with van der Waals surface area (Å²) < 4.78 is 6.93. The van der Waals surface area contributed by atoms with Crippen molar-refractivity contribution in [2.45, 2.75) is 32.5 Å². The number of amides is 1. The number of hydrogen-bond donors (Lipinski definition) is 1. The second-order valence-corrected chi connectivity index (χ2v) is 10.8. The fourth-order valence-electron chi connectivity index (χ4n) is 3.82. The highest BCUT2D eigenvalue weighted by atomic mass is 35.5. The van der Waals surface area contributed by atoms with Crippen LogP contribution in [-0.4, -0.2) is 39.5 Å². The molecule has 7 nitrogen and oxygen atoms in total. The maximum Gasteiger partial charge on any atom is 0.341 e. The molecule has 0 unspecified atom stereocenters. The summed E-state index contributed by atoms with van der Waals surface area (Å²) in [6, 6.07) is 11.2. The van der Waals surface area contributed by atoms with Crippen LogP contribution in [0.2, 0.25) is 10.0 Å². The van der Waals surface area contributed by atoms with Crippen molar-refractivity contribution in [3.8, 4) is 22.5 Å². The van der Waals surface area contributed by atoms with Crippen molar-refractivity contribution in [1.82, 2.24) is 14.8 Å². The molecule has 4 rings (SSSR count). The van der Waals surface area contributed by atoms with Gasteiger partial charge in [-0.05, 0) is 50.1 Å². The first kappa shape index (κ1) is 27.2. The molecule has 11 heteroatoms. The Morgan fingerprint density at radius 3 is 2.57 bits per heavy atom. The molecule has 0 aliphatic carbocycles. The first-order valence-electron chi connectivity index (χ1n) is 11.3. The number of carbonyl (C=O) groups excluding carboxylic acids is 2. The number of thioether (sulfide) groups is 1. The number of aromatic nitrogens is 3. The van der Waals surface area contributed by atoms with Gasteiger partial charge >= 0.3 is 5.97 Å². The number of methoxy groups -OCH3 is 1. The number of rotatable bonds is 8. The van der Waals surface area contributed by atoms with Crippen molar-refractivity contribution in [3.05, 3.63) is 68.5 Å². The number of ether oxygens (including phenoxy) is 1. The third-order valence-corrected chi connectivity index (χ3v) is 8.06. The van der Waals surface area contributed by atoms with Crippen LogP contribution in [0.5, 0.6) is 0 Å². The molecular weight excluding hydrogens is 551 g/mol. The molecule has 192 valence electrons. The molecule has 2 aromatic carbocycles. The quantitative estimate of drug-likeness (QED) is 0.178. The normalized spacial score (nSPS) is 11.0. The minimum atomic E-state index is -0.504. The maximum absolute atomic E-state index is 12.9. The lowest BCUT2D eigenvalue weighted by Gasteiger charge is -2.11. The number of hydrogen-bond acceptors (Lipinski definition) is 7. The zero-order valence-electron chi connectivity index (χ0n) is 20.6. The molecule has 0 aliphatic heterocycles. The summed E-state index contributed by atoms with van der Waals surface area (Å²) in [5.41, 5.74) is 4.81. The number of nitrogens with zero attached hydrogens (tertiary/aromatic N) is 3. The average molecular weight is 576 g/mol. The van der Waals surface area contributed by atoms with E-state index in [0.717, 1.165) is 22.3 Å². The standard InChI is InChI=1S/C26H24Cl2N4O3S2/c1-5-32-23(17-9-8-16(27)11-20(17)28)30-31-26(32)37-13-21(33)29-24-22(25(34)35-4)19(12-36-24)18-10-14(2)6-7-15(18)3/h6-12H,5,13H2,1-4H3,(H,29,33). The number of esters is 1. The summed E-state index contributed by atoms with van der Waals surface area (Å²) in [6.45, 7) is 6.53. The van der Waals surface area contributed by atoms with Gasteiger partial charge in [0, 0.05) is 28.1 Å². The highest BCUT2D eigenvalue weighted by Gasteiger charge is 2.24. The van der Waals surface area contributed by atoms with E-state index in [1.165, 1.54) is 30.2 Å². The molecule has 0 saturated heterocycles. The van der Waals surface area contributed by atoms with Crippen molar-refractivity contribution in [2.75, 3.05) is 18.2 Å². The van der Waals surface area contributed by atoms with Gasteiger partial charge in [-0.15, -0.1) is 21.5 Å². The smallest absolute Gasteiger partial charge is 0.341 e. The second kappa shape index (κ2) is 11.7. The zero-order chi connectivity index (χ0) is 26.7. The lowest BCUT2D eigenvalue weighted by Crippen LogP contribution is -2.16. The Labute approximate surface area is 233 Å². The molecule has 0 radical (unpaired) electrons. The van der Waals surface area contributed by atoms with E-state index in [4.69, 9.17) is 27.9 Å². The molecule has 0 atom stereocenters. The summed E-state index contributed by atoms with van der Waals surface area (Å²) in [7, 11) is 1.33.